The third-order valence-corrected chi connectivity index (χ3v) is 6.01. The molecule has 3 rings (SSSR count). The Labute approximate surface area is 125 Å². The molecule has 108 valence electrons. The number of nitrogens with one attached hydrogen (secondary N) is 1. The molecule has 0 saturated carbocycles. The fourth-order valence-corrected chi connectivity index (χ4v) is 4.27. The molecule has 0 radical (unpaired) electrons. The summed E-state index contributed by atoms with van der Waals surface area (Å²) in [4.78, 5) is 16.0. The van der Waals surface area contributed by atoms with Gasteiger partial charge in [0.05, 0.1) is 5.25 Å². The van der Waals surface area contributed by atoms with E-state index in [-0.39, 0.29) is 10.8 Å². The first kappa shape index (κ1) is 14.0. The Bertz CT molecular complexity index is 484. The summed E-state index contributed by atoms with van der Waals surface area (Å²) in [6.45, 7) is 4.00. The van der Waals surface area contributed by atoms with Crippen LogP contribution in [-0.4, -0.2) is 41.7 Å². The minimum Gasteiger partial charge on any atom is -0.342 e. The van der Waals surface area contributed by atoms with Crippen LogP contribution in [0.4, 0.5) is 0 Å². The van der Waals surface area contributed by atoms with E-state index in [0.29, 0.717) is 5.91 Å². The number of likely N-dealkylation sites (tertiary alicyclic amines) is 1. The number of piperidine rings is 1. The number of benzene rings is 1. The normalized spacial score (nSPS) is 24.5. The number of thioether (sulfide) groups is 1. The lowest BCUT2D eigenvalue weighted by molar-refractivity contribution is -0.132. The van der Waals surface area contributed by atoms with Gasteiger partial charge in [0, 0.05) is 23.5 Å². The van der Waals surface area contributed by atoms with Gasteiger partial charge in [0.1, 0.15) is 0 Å². The maximum Gasteiger partial charge on any atom is 0.236 e. The largest absolute Gasteiger partial charge is 0.342 e. The summed E-state index contributed by atoms with van der Waals surface area (Å²) in [5, 5.41) is 3.47. The van der Waals surface area contributed by atoms with Crippen molar-refractivity contribution in [2.24, 2.45) is 0 Å². The molecular weight excluding hydrogens is 268 g/mol. The molecule has 2 aliphatic rings. The van der Waals surface area contributed by atoms with Crippen LogP contribution in [0.2, 0.25) is 0 Å². The molecule has 1 aromatic carbocycles. The fourth-order valence-electron chi connectivity index (χ4n) is 2.99. The highest BCUT2D eigenvalue weighted by molar-refractivity contribution is 8.01. The highest BCUT2D eigenvalue weighted by atomic mass is 32.2. The van der Waals surface area contributed by atoms with E-state index in [1.807, 2.05) is 7.05 Å². The average Bonchev–Trinajstić information content (AvgIpc) is 2.91. The third-order valence-electron chi connectivity index (χ3n) is 4.70. The van der Waals surface area contributed by atoms with Gasteiger partial charge in [-0.05, 0) is 44.9 Å². The maximum atomic E-state index is 12.7. The monoisotopic (exact) mass is 290 g/mol. The molecule has 0 spiro atoms. The van der Waals surface area contributed by atoms with Crippen LogP contribution in [0, 0.1) is 0 Å². The van der Waals surface area contributed by atoms with Gasteiger partial charge >= 0.3 is 0 Å². The van der Waals surface area contributed by atoms with Gasteiger partial charge in [-0.25, -0.2) is 0 Å². The van der Waals surface area contributed by atoms with E-state index in [2.05, 4.69) is 41.4 Å². The Morgan fingerprint density at radius 1 is 1.35 bits per heavy atom. The predicted octanol–water partition coefficient (Wildman–Crippen LogP) is 2.30. The van der Waals surface area contributed by atoms with E-state index in [1.165, 1.54) is 10.5 Å². The van der Waals surface area contributed by atoms with Crippen LogP contribution in [-0.2, 0) is 11.2 Å². The van der Waals surface area contributed by atoms with Crippen molar-refractivity contribution >= 4 is 17.7 Å². The molecule has 1 atom stereocenters. The molecule has 1 N–H and O–H groups in total. The highest BCUT2D eigenvalue weighted by Crippen LogP contribution is 2.38. The van der Waals surface area contributed by atoms with Crippen molar-refractivity contribution in [3.63, 3.8) is 0 Å². The van der Waals surface area contributed by atoms with Gasteiger partial charge in [-0.3, -0.25) is 4.79 Å². The van der Waals surface area contributed by atoms with Crippen LogP contribution in [0.1, 0.15) is 25.3 Å². The van der Waals surface area contributed by atoms with Crippen molar-refractivity contribution in [2.75, 3.05) is 20.1 Å². The summed E-state index contributed by atoms with van der Waals surface area (Å²) in [6.07, 6.45) is 2.97. The fraction of sp³-hybridized carbons (Fsp3) is 0.562. The molecule has 1 unspecified atom stereocenters. The van der Waals surface area contributed by atoms with Gasteiger partial charge in [0.15, 0.2) is 0 Å². The van der Waals surface area contributed by atoms with Crippen LogP contribution in [0.25, 0.3) is 0 Å². The Kier molecular flexibility index (Phi) is 3.78. The molecule has 1 amide bonds. The van der Waals surface area contributed by atoms with Crippen LogP contribution in [0.5, 0.6) is 0 Å². The molecule has 1 fully saturated rings. The van der Waals surface area contributed by atoms with E-state index >= 15 is 0 Å². The van der Waals surface area contributed by atoms with Gasteiger partial charge in [0.25, 0.3) is 0 Å². The van der Waals surface area contributed by atoms with Crippen molar-refractivity contribution in [3.05, 3.63) is 29.8 Å². The van der Waals surface area contributed by atoms with Crippen molar-refractivity contribution < 1.29 is 4.79 Å². The highest BCUT2D eigenvalue weighted by Gasteiger charge is 2.35. The lowest BCUT2D eigenvalue weighted by Gasteiger charge is -2.40. The summed E-state index contributed by atoms with van der Waals surface area (Å²) >= 11 is 1.74. The zero-order valence-corrected chi connectivity index (χ0v) is 13.0. The summed E-state index contributed by atoms with van der Waals surface area (Å²) < 4.78 is 0. The quantitative estimate of drug-likeness (QED) is 0.907. The number of fused-ring (bicyclic) bond motifs is 1. The average molecular weight is 290 g/mol. The van der Waals surface area contributed by atoms with E-state index in [4.69, 9.17) is 0 Å². The molecule has 4 heteroatoms. The number of nitrogens with zero attached hydrogens (tertiary/aromatic N) is 1. The van der Waals surface area contributed by atoms with E-state index < -0.39 is 0 Å². The first-order chi connectivity index (χ1) is 9.61. The van der Waals surface area contributed by atoms with Crippen molar-refractivity contribution in [1.82, 2.24) is 10.2 Å². The smallest absolute Gasteiger partial charge is 0.236 e. The molecule has 2 aliphatic heterocycles. The standard InChI is InChI=1S/C16H22N2OS/c1-16(17-2)7-9-18(10-8-16)15(19)14-11-12-5-3-4-6-13(12)20-14/h3-6,14,17H,7-11H2,1-2H3. The molecule has 1 aromatic rings. The number of carbonyl (C=O) groups is 1. The molecule has 20 heavy (non-hydrogen) atoms. The maximum absolute atomic E-state index is 12.7. The molecule has 2 heterocycles. The molecule has 3 nitrogen and oxygen atoms in total. The van der Waals surface area contributed by atoms with Gasteiger partial charge in [-0.15, -0.1) is 11.8 Å². The minimum atomic E-state index is 0.0892. The van der Waals surface area contributed by atoms with E-state index in [0.717, 1.165) is 32.4 Å². The number of rotatable bonds is 2. The summed E-state index contributed by atoms with van der Waals surface area (Å²) in [5.74, 6) is 0.323. The van der Waals surface area contributed by atoms with Crippen LogP contribution in [0.15, 0.2) is 29.2 Å². The van der Waals surface area contributed by atoms with Gasteiger partial charge in [-0.1, -0.05) is 18.2 Å². The molecule has 0 aromatic heterocycles. The summed E-state index contributed by atoms with van der Waals surface area (Å²) in [7, 11) is 2.01. The lowest BCUT2D eigenvalue weighted by Crippen LogP contribution is -2.52. The van der Waals surface area contributed by atoms with E-state index in [9.17, 15) is 4.79 Å². The van der Waals surface area contributed by atoms with Gasteiger partial charge in [0.2, 0.25) is 5.91 Å². The first-order valence-corrected chi connectivity index (χ1v) is 8.21. The lowest BCUT2D eigenvalue weighted by atomic mass is 9.89. The van der Waals surface area contributed by atoms with Crippen LogP contribution in [0.3, 0.4) is 0 Å². The zero-order valence-electron chi connectivity index (χ0n) is 12.2. The van der Waals surface area contributed by atoms with Crippen LogP contribution >= 0.6 is 11.8 Å². The Morgan fingerprint density at radius 3 is 2.70 bits per heavy atom. The van der Waals surface area contributed by atoms with Crippen LogP contribution < -0.4 is 5.32 Å². The van der Waals surface area contributed by atoms with Gasteiger partial charge in [-0.2, -0.15) is 0 Å². The zero-order chi connectivity index (χ0) is 14.2. The summed E-state index contributed by atoms with van der Waals surface area (Å²) in [5.41, 5.74) is 1.52. The Balaban J connectivity index is 1.62. The second-order valence-corrected chi connectivity index (χ2v) is 7.30. The molecular formula is C16H22N2OS. The number of hydrogen-bond donors (Lipinski definition) is 1. The van der Waals surface area contributed by atoms with Crippen molar-refractivity contribution in [3.8, 4) is 0 Å². The summed E-state index contributed by atoms with van der Waals surface area (Å²) in [6, 6.07) is 8.38. The predicted molar refractivity (Wildman–Crippen MR) is 83.1 cm³/mol. The number of hydrogen-bond acceptors (Lipinski definition) is 3. The molecule has 0 bridgehead atoms. The Hall–Kier alpha value is -1.00. The number of carbonyl (C=O) groups excluding carboxylic acids is 1. The Morgan fingerprint density at radius 2 is 2.05 bits per heavy atom. The second-order valence-electron chi connectivity index (χ2n) is 6.05. The SMILES string of the molecule is CNC1(C)CCN(C(=O)C2Cc3ccccc3S2)CC1. The first-order valence-electron chi connectivity index (χ1n) is 7.33. The van der Waals surface area contributed by atoms with Crippen molar-refractivity contribution in [1.29, 1.82) is 0 Å². The second kappa shape index (κ2) is 5.41. The van der Waals surface area contributed by atoms with Gasteiger partial charge < -0.3 is 10.2 Å². The molecule has 1 saturated heterocycles. The minimum absolute atomic E-state index is 0.0892. The van der Waals surface area contributed by atoms with E-state index in [1.54, 1.807) is 11.8 Å². The topological polar surface area (TPSA) is 32.3 Å². The molecule has 0 aliphatic carbocycles. The number of amides is 1. The third kappa shape index (κ3) is 2.59. The van der Waals surface area contributed by atoms with Crippen molar-refractivity contribution in [2.45, 2.75) is 41.9 Å².